The third kappa shape index (κ3) is 19.4. The van der Waals surface area contributed by atoms with Gasteiger partial charge in [-0.2, -0.15) is 0 Å². The molecule has 0 radical (unpaired) electrons. The highest BCUT2D eigenvalue weighted by atomic mass is 32.1. The van der Waals surface area contributed by atoms with Gasteiger partial charge in [-0.25, -0.2) is 0 Å². The third-order valence-electron chi connectivity index (χ3n) is 5.45. The Hall–Kier alpha value is -0.580. The Balaban J connectivity index is 0.00000122. The summed E-state index contributed by atoms with van der Waals surface area (Å²) in [5, 5.41) is 0. The molecule has 1 rings (SSSR count). The zero-order valence-corrected chi connectivity index (χ0v) is 22.2. The molecule has 0 aliphatic rings. The summed E-state index contributed by atoms with van der Waals surface area (Å²) in [6.07, 6.45) is 17.2. The quantitative estimate of drug-likeness (QED) is 0.125. The molecule has 174 valence electrons. The molecule has 0 spiro atoms. The van der Waals surface area contributed by atoms with E-state index < -0.39 is 0 Å². The smallest absolute Gasteiger partial charge is 0.132 e. The van der Waals surface area contributed by atoms with Gasteiger partial charge in [-0.3, -0.25) is 0 Å². The Morgan fingerprint density at radius 3 is 1.60 bits per heavy atom. The van der Waals surface area contributed by atoms with Crippen molar-refractivity contribution in [2.75, 3.05) is 34.7 Å². The number of unbranched alkanes of at least 4 members (excludes halogenated alkanes) is 11. The maximum atomic E-state index is 4.61. The summed E-state index contributed by atoms with van der Waals surface area (Å²) < 4.78 is 1.73. The fourth-order valence-corrected chi connectivity index (χ4v) is 3.54. The molecule has 1 aromatic carbocycles. The fourth-order valence-electron chi connectivity index (χ4n) is 3.54. The number of benzene rings is 1. The maximum absolute atomic E-state index is 4.61. The summed E-state index contributed by atoms with van der Waals surface area (Å²) in [5.74, 6) is 0. The largest absolute Gasteiger partial charge is 0.364 e. The van der Waals surface area contributed by atoms with Gasteiger partial charge >= 0.3 is 0 Å². The predicted molar refractivity (Wildman–Crippen MR) is 143 cm³/mol. The van der Waals surface area contributed by atoms with Crippen LogP contribution in [0.5, 0.6) is 0 Å². The number of hydrogen-bond acceptors (Lipinski definition) is 1. The number of hydrogen-bond donors (Lipinski definition) is 1. The minimum Gasteiger partial charge on any atom is -0.364 e. The number of thiocarbonyl (C=S) groups is 1. The minimum absolute atomic E-state index is 0.620. The number of nitrogens with zero attached hydrogens (tertiary/aromatic N) is 2. The second-order valence-corrected chi connectivity index (χ2v) is 10.5. The number of thiol groups is 1. The average molecular weight is 454 g/mol. The van der Waals surface area contributed by atoms with E-state index in [9.17, 15) is 0 Å². The molecule has 0 aliphatic carbocycles. The summed E-state index contributed by atoms with van der Waals surface area (Å²) >= 11 is 8.46. The molecule has 4 heteroatoms. The molecule has 0 amide bonds. The zero-order chi connectivity index (χ0) is 22.7. The first kappa shape index (κ1) is 29.4. The summed E-state index contributed by atoms with van der Waals surface area (Å²) in [4.78, 5) is 1.76. The van der Waals surface area contributed by atoms with Gasteiger partial charge in [-0.15, -0.1) is 12.6 Å². The molecule has 0 unspecified atom stereocenters. The molecule has 0 fully saturated rings. The zero-order valence-electron chi connectivity index (χ0n) is 20.5. The van der Waals surface area contributed by atoms with Crippen LogP contribution in [-0.2, 0) is 6.54 Å². The van der Waals surface area contributed by atoms with Crippen LogP contribution in [0.15, 0.2) is 30.3 Å². The van der Waals surface area contributed by atoms with Crippen molar-refractivity contribution in [3.63, 3.8) is 0 Å². The van der Waals surface area contributed by atoms with Gasteiger partial charge in [-0.05, 0) is 12.8 Å². The predicted octanol–water partition coefficient (Wildman–Crippen LogP) is 7.73. The molecule has 0 aromatic heterocycles. The molecular formula is C26H49N2S2+. The van der Waals surface area contributed by atoms with Gasteiger partial charge in [0.15, 0.2) is 0 Å². The van der Waals surface area contributed by atoms with Crippen LogP contribution in [0.1, 0.15) is 89.5 Å². The van der Waals surface area contributed by atoms with E-state index in [4.69, 9.17) is 0 Å². The van der Waals surface area contributed by atoms with Crippen molar-refractivity contribution in [3.05, 3.63) is 35.9 Å². The highest BCUT2D eigenvalue weighted by Gasteiger charge is 2.14. The molecular weight excluding hydrogens is 404 g/mol. The molecule has 0 saturated heterocycles. The first-order valence-electron chi connectivity index (χ1n) is 12.0. The van der Waals surface area contributed by atoms with E-state index in [1.165, 1.54) is 89.2 Å². The van der Waals surface area contributed by atoms with Gasteiger partial charge in [0.2, 0.25) is 0 Å². The van der Waals surface area contributed by atoms with Crippen LogP contribution in [-0.4, -0.2) is 48.4 Å². The van der Waals surface area contributed by atoms with E-state index in [2.05, 4.69) is 76.2 Å². The Morgan fingerprint density at radius 1 is 0.800 bits per heavy atom. The molecule has 0 atom stereocenters. The number of rotatable bonds is 15. The molecule has 0 N–H and O–H groups in total. The highest BCUT2D eigenvalue weighted by Crippen LogP contribution is 2.14. The van der Waals surface area contributed by atoms with Crippen molar-refractivity contribution in [1.29, 1.82) is 0 Å². The molecule has 0 aliphatic heterocycles. The molecule has 30 heavy (non-hydrogen) atoms. The van der Waals surface area contributed by atoms with E-state index in [0.29, 0.717) is 4.32 Å². The summed E-state index contributed by atoms with van der Waals surface area (Å²) in [5.41, 5.74) is 1.46. The van der Waals surface area contributed by atoms with Crippen molar-refractivity contribution in [1.82, 2.24) is 4.90 Å². The molecule has 0 heterocycles. The van der Waals surface area contributed by atoms with Crippen LogP contribution in [0.4, 0.5) is 0 Å². The minimum atomic E-state index is 0.620. The average Bonchev–Trinajstić information content (AvgIpc) is 2.69. The molecule has 1 aromatic rings. The van der Waals surface area contributed by atoms with Crippen molar-refractivity contribution < 1.29 is 4.48 Å². The third-order valence-corrected chi connectivity index (χ3v) is 6.22. The Bertz CT molecular complexity index is 515. The van der Waals surface area contributed by atoms with Gasteiger partial charge in [-0.1, -0.05) is 114 Å². The second-order valence-electron chi connectivity index (χ2n) is 9.37. The first-order valence-corrected chi connectivity index (χ1v) is 12.9. The fraction of sp³-hybridized carbons (Fsp3) is 0.731. The van der Waals surface area contributed by atoms with Gasteiger partial charge < -0.3 is 9.38 Å². The SMILES string of the molecule is CCCCCCCCCCCCCC[N+](C)(C)Cc1ccccc1.CN(C)C(=S)S. The van der Waals surface area contributed by atoms with Gasteiger partial charge in [0.25, 0.3) is 0 Å². The highest BCUT2D eigenvalue weighted by molar-refractivity contribution is 8.10. The molecule has 0 bridgehead atoms. The van der Waals surface area contributed by atoms with Gasteiger partial charge in [0, 0.05) is 19.7 Å². The van der Waals surface area contributed by atoms with Gasteiger partial charge in [0.1, 0.15) is 10.9 Å². The normalized spacial score (nSPS) is 11.0. The maximum Gasteiger partial charge on any atom is 0.132 e. The van der Waals surface area contributed by atoms with Crippen LogP contribution in [0.25, 0.3) is 0 Å². The molecule has 2 nitrogen and oxygen atoms in total. The van der Waals surface area contributed by atoms with E-state index >= 15 is 0 Å². The summed E-state index contributed by atoms with van der Waals surface area (Å²) in [7, 11) is 8.45. The standard InChI is InChI=1S/C23H42N.C3H7NS2/c1-4-5-6-7-8-9-10-11-12-13-14-18-21-24(2,3)22-23-19-16-15-17-20-23;1-4(2)3(5)6/h15-17,19-20H,4-14,18,21-22H2,1-3H3;1-2H3,(H,5,6)/q+1;. The monoisotopic (exact) mass is 453 g/mol. The van der Waals surface area contributed by atoms with E-state index in [1.54, 1.807) is 4.90 Å². The lowest BCUT2D eigenvalue weighted by molar-refractivity contribution is -0.903. The lowest BCUT2D eigenvalue weighted by atomic mass is 10.1. The van der Waals surface area contributed by atoms with Crippen molar-refractivity contribution in [2.45, 2.75) is 90.5 Å². The van der Waals surface area contributed by atoms with E-state index in [0.717, 1.165) is 11.0 Å². The van der Waals surface area contributed by atoms with E-state index in [1.807, 2.05) is 14.1 Å². The van der Waals surface area contributed by atoms with Crippen molar-refractivity contribution in [3.8, 4) is 0 Å². The molecule has 0 saturated carbocycles. The number of quaternary nitrogens is 1. The van der Waals surface area contributed by atoms with Crippen LogP contribution < -0.4 is 0 Å². The van der Waals surface area contributed by atoms with E-state index in [-0.39, 0.29) is 0 Å². The second kappa shape index (κ2) is 19.1. The lowest BCUT2D eigenvalue weighted by Crippen LogP contribution is -2.39. The Morgan fingerprint density at radius 2 is 1.20 bits per heavy atom. The summed E-state index contributed by atoms with van der Waals surface area (Å²) in [6.45, 7) is 4.74. The Kier molecular flexibility index (Phi) is 18.8. The topological polar surface area (TPSA) is 3.24 Å². The Labute approximate surface area is 199 Å². The van der Waals surface area contributed by atoms with Crippen molar-refractivity contribution >= 4 is 29.2 Å². The lowest BCUT2D eigenvalue weighted by Gasteiger charge is -2.30. The van der Waals surface area contributed by atoms with Crippen LogP contribution in [0.2, 0.25) is 0 Å². The first-order chi connectivity index (χ1) is 14.3. The van der Waals surface area contributed by atoms with Crippen LogP contribution in [0.3, 0.4) is 0 Å². The summed E-state index contributed by atoms with van der Waals surface area (Å²) in [6, 6.07) is 10.9. The van der Waals surface area contributed by atoms with Crippen LogP contribution in [0, 0.1) is 0 Å². The van der Waals surface area contributed by atoms with Gasteiger partial charge in [0.05, 0.1) is 20.6 Å². The van der Waals surface area contributed by atoms with Crippen molar-refractivity contribution in [2.24, 2.45) is 0 Å². The van der Waals surface area contributed by atoms with Crippen LogP contribution >= 0.6 is 24.8 Å².